The molecule has 24 nitrogen and oxygen atoms in total. The van der Waals surface area contributed by atoms with Crippen LogP contribution in [-0.4, -0.2) is 224 Å². The zero-order valence-corrected chi connectivity index (χ0v) is 52.4. The molecule has 2 bridgehead atoms. The fourth-order valence-corrected chi connectivity index (χ4v) is 14.5. The highest BCUT2D eigenvalue weighted by Gasteiger charge is 2.52. The summed E-state index contributed by atoms with van der Waals surface area (Å²) in [6.45, 7) is 6.76. The van der Waals surface area contributed by atoms with Crippen molar-refractivity contribution in [3.63, 3.8) is 0 Å². The van der Waals surface area contributed by atoms with Gasteiger partial charge in [-0.15, -0.1) is 0 Å². The highest BCUT2D eigenvalue weighted by atomic mass is 79.9. The number of thioether (sulfide) groups is 1. The van der Waals surface area contributed by atoms with Crippen LogP contribution in [0.3, 0.4) is 0 Å². The Hall–Kier alpha value is -2.90. The molecule has 1 aromatic rings. The van der Waals surface area contributed by atoms with Crippen molar-refractivity contribution < 1.29 is 102 Å². The first-order valence-electron chi connectivity index (χ1n) is 26.5. The summed E-state index contributed by atoms with van der Waals surface area (Å²) < 4.78 is 72.2. The van der Waals surface area contributed by atoms with E-state index in [1.807, 2.05) is 6.26 Å². The normalized spacial score (nSPS) is 37.1. The number of halogens is 1. The van der Waals surface area contributed by atoms with Crippen LogP contribution < -0.4 is 30.3 Å². The highest BCUT2D eigenvalue weighted by Crippen LogP contribution is 2.51. The molecule has 1 aromatic carbocycles. The molecular weight excluding hydrogens is 1230 g/mol. The molecule has 4 saturated heterocycles. The fourth-order valence-electron chi connectivity index (χ4n) is 10.5. The monoisotopic (exact) mass is 1310 g/mol. The molecule has 7 rings (SSSR count). The molecule has 1 unspecified atom stereocenters. The third-order valence-electron chi connectivity index (χ3n) is 14.8. The van der Waals surface area contributed by atoms with Crippen LogP contribution in [0.4, 0.5) is 4.79 Å². The minimum Gasteiger partial charge on any atom is -0.492 e. The van der Waals surface area contributed by atoms with E-state index in [1.54, 1.807) is 47.9 Å². The summed E-state index contributed by atoms with van der Waals surface area (Å²) in [4.78, 5) is 33.4. The molecule has 0 radical (unpaired) electrons. The molecule has 4 heterocycles. The van der Waals surface area contributed by atoms with Crippen LogP contribution in [0.5, 0.6) is 17.2 Å². The van der Waals surface area contributed by atoms with Gasteiger partial charge in [-0.3, -0.25) is 14.9 Å². The van der Waals surface area contributed by atoms with E-state index >= 15 is 0 Å². The van der Waals surface area contributed by atoms with Gasteiger partial charge in [0.15, 0.2) is 36.0 Å². The number of hydroxylamine groups is 1. The number of ether oxygens (including phenoxy) is 12. The van der Waals surface area contributed by atoms with E-state index in [4.69, 9.17) is 61.7 Å². The second-order valence-corrected chi connectivity index (χ2v) is 26.3. The van der Waals surface area contributed by atoms with E-state index in [0.717, 1.165) is 11.8 Å². The number of methoxy groups -OCH3 is 5. The molecule has 4 fully saturated rings. The van der Waals surface area contributed by atoms with E-state index in [9.17, 15) is 40.2 Å². The Morgan fingerprint density at radius 3 is 2.25 bits per heavy atom. The SMILES string of the molecule is CN[C@H]1CO[C@@H](O[C@H]2[C@H](O[C@H]3C#C/C=C\C#C[C@]4(O)C[C@@H](O)C(NC(=O)OC)=C3/C4=C/CSSSC)O[C@H](C)C(NO[C@H]3C[C@H](O)[C@H](SC(=O)c4c(C)c(Br)c(O[C@@H]5O[C@@H](C)[C@H](O)[C@@H](OC)[C@H]5O)c(OC)c4OC)[C@@H](C)O3)[C@@H]2O)C[C@@H]1OC. The number of aliphatic hydroxyl groups excluding tert-OH is 5. The molecule has 20 atom stereocenters. The van der Waals surface area contributed by atoms with Gasteiger partial charge in [-0.05, 0) is 84.5 Å². The van der Waals surface area contributed by atoms with Gasteiger partial charge >= 0.3 is 6.09 Å². The number of amides is 1. The third kappa shape index (κ3) is 15.5. The predicted octanol–water partition coefficient (Wildman–Crippen LogP) is 2.76. The first-order chi connectivity index (χ1) is 39.7. The number of aliphatic hydroxyl groups is 6. The average Bonchev–Trinajstić information content (AvgIpc) is 3.59. The molecule has 83 heavy (non-hydrogen) atoms. The van der Waals surface area contributed by atoms with Gasteiger partial charge in [0, 0.05) is 50.4 Å². The van der Waals surface area contributed by atoms with Gasteiger partial charge < -0.3 is 92.8 Å². The first-order valence-corrected chi connectivity index (χ1v) is 32.2. The van der Waals surface area contributed by atoms with E-state index in [0.29, 0.717) is 11.3 Å². The van der Waals surface area contributed by atoms with Crippen molar-refractivity contribution in [3.8, 4) is 40.9 Å². The zero-order chi connectivity index (χ0) is 60.4. The standard InChI is InChI=1S/C54H74BrN3O21S4/c1-24-36(44(68-7)48(70-9)45(38(24)55)78-51-43(63)46(69-8)41(61)26(3)75-51)50(64)82-49-27(4)73-35(20-30(49)59)79-58-39-25(2)74-52(47(42(39)62)77-34-21-33(67-6)29(56-5)23-72-34)76-32-16-14-12-13-15-18-54(66)22-31(60)40(57-53(65)71-10)37(32)28(54)17-19-81-83-80-11/h12-13,17,25-27,29-35,39,41-43,46-47,49,51-52,56,58-63,66H,19-23H2,1-11H3,(H,57,65)/b13-12-,28-17-/t25-,26+,27-,29+,30+,31-,32+,33+,34+,35+,39?,41+,42+,43-,46-,47-,49-,51+,52+,54+/m1/s1. The largest absolute Gasteiger partial charge is 0.492 e. The molecule has 29 heteroatoms. The average molecular weight is 1310 g/mol. The lowest BCUT2D eigenvalue weighted by molar-refractivity contribution is -0.336. The summed E-state index contributed by atoms with van der Waals surface area (Å²) in [5, 5.41) is 74.2. The van der Waals surface area contributed by atoms with Crippen molar-refractivity contribution >= 4 is 70.3 Å². The van der Waals surface area contributed by atoms with E-state index in [-0.39, 0.29) is 82.1 Å². The summed E-state index contributed by atoms with van der Waals surface area (Å²) in [7, 11) is 13.1. The predicted molar refractivity (Wildman–Crippen MR) is 311 cm³/mol. The molecule has 462 valence electrons. The smallest absolute Gasteiger partial charge is 0.411 e. The number of fused-ring (bicyclic) bond motifs is 2. The lowest BCUT2D eigenvalue weighted by Crippen LogP contribution is -2.65. The second-order valence-electron chi connectivity index (χ2n) is 20.0. The van der Waals surface area contributed by atoms with Gasteiger partial charge in [0.25, 0.3) is 0 Å². The topological polar surface area (TPSA) is 312 Å². The van der Waals surface area contributed by atoms with Crippen molar-refractivity contribution in [2.75, 3.05) is 61.2 Å². The van der Waals surface area contributed by atoms with Gasteiger partial charge in [0.2, 0.25) is 17.2 Å². The van der Waals surface area contributed by atoms with Crippen molar-refractivity contribution in [3.05, 3.63) is 50.7 Å². The number of rotatable bonds is 21. The maximum absolute atomic E-state index is 14.4. The first kappa shape index (κ1) is 67.6. The number of nitrogens with one attached hydrogen (secondary N) is 3. The van der Waals surface area contributed by atoms with Crippen LogP contribution in [0, 0.1) is 30.6 Å². The summed E-state index contributed by atoms with van der Waals surface area (Å²) in [6.07, 6.45) is -12.9. The van der Waals surface area contributed by atoms with Crippen LogP contribution in [0.15, 0.2) is 39.5 Å². The number of benzene rings is 1. The third-order valence-corrected chi connectivity index (χ3v) is 20.9. The number of alkyl carbamates (subject to hydrolysis) is 1. The van der Waals surface area contributed by atoms with Crippen LogP contribution in [0.25, 0.3) is 0 Å². The Morgan fingerprint density at radius 1 is 0.867 bits per heavy atom. The van der Waals surface area contributed by atoms with Crippen LogP contribution in [0.2, 0.25) is 0 Å². The summed E-state index contributed by atoms with van der Waals surface area (Å²) in [5.74, 6) is 12.0. The van der Waals surface area contributed by atoms with Crippen molar-refractivity contribution in [1.82, 2.24) is 16.1 Å². The van der Waals surface area contributed by atoms with Gasteiger partial charge in [0.05, 0.1) is 97.6 Å². The van der Waals surface area contributed by atoms with Gasteiger partial charge in [-0.25, -0.2) is 4.79 Å². The highest BCUT2D eigenvalue weighted by molar-refractivity contribution is 9.10. The fraction of sp³-hybridized carbons (Fsp3) is 0.667. The Balaban J connectivity index is 1.11. The van der Waals surface area contributed by atoms with Gasteiger partial charge in [-0.1, -0.05) is 63.1 Å². The van der Waals surface area contributed by atoms with Crippen molar-refractivity contribution in [2.45, 2.75) is 168 Å². The number of hydrogen-bond acceptors (Lipinski definition) is 27. The lowest BCUT2D eigenvalue weighted by Gasteiger charge is -2.47. The molecule has 2 aliphatic carbocycles. The number of likely N-dealkylation sites (N-methyl/N-ethyl adjacent to an activating group) is 1. The maximum Gasteiger partial charge on any atom is 0.411 e. The van der Waals surface area contributed by atoms with E-state index < -0.39 is 120 Å². The van der Waals surface area contributed by atoms with Crippen molar-refractivity contribution in [1.29, 1.82) is 0 Å². The number of hydrogen-bond donors (Lipinski definition) is 9. The molecule has 1 amide bonds. The zero-order valence-electron chi connectivity index (χ0n) is 47.6. The number of allylic oxidation sites excluding steroid dienone is 2. The molecule has 0 spiro atoms. The second kappa shape index (κ2) is 30.8. The maximum atomic E-state index is 14.4. The van der Waals surface area contributed by atoms with Crippen LogP contribution in [-0.2, 0) is 47.5 Å². The molecule has 4 aliphatic heterocycles. The van der Waals surface area contributed by atoms with E-state index in [2.05, 4.69) is 55.7 Å². The summed E-state index contributed by atoms with van der Waals surface area (Å²) in [6, 6.07) is -1.26. The Bertz CT molecular complexity index is 2640. The van der Waals surface area contributed by atoms with Gasteiger partial charge in [-0.2, -0.15) is 5.48 Å². The Kier molecular flexibility index (Phi) is 25.1. The molecule has 6 aliphatic rings. The van der Waals surface area contributed by atoms with Gasteiger partial charge in [0.1, 0.15) is 36.6 Å². The molecular formula is C54H74BrN3O21S4. The molecule has 9 N–H and O–H groups in total. The summed E-state index contributed by atoms with van der Waals surface area (Å²) >= 11 is 4.36. The number of carbonyl (C=O) groups excluding carboxylic acids is 2. The summed E-state index contributed by atoms with van der Waals surface area (Å²) in [5.41, 5.74) is 1.64. The van der Waals surface area contributed by atoms with Crippen molar-refractivity contribution in [2.24, 2.45) is 0 Å². The Labute approximate surface area is 506 Å². The van der Waals surface area contributed by atoms with E-state index in [1.165, 1.54) is 72.0 Å². The minimum atomic E-state index is -1.96. The van der Waals surface area contributed by atoms with Crippen LogP contribution >= 0.6 is 59.1 Å². The molecule has 0 saturated carbocycles. The Morgan fingerprint density at radius 2 is 1.59 bits per heavy atom. The lowest BCUT2D eigenvalue weighted by atomic mass is 9.74. The minimum absolute atomic E-state index is 0.00210. The van der Waals surface area contributed by atoms with Crippen LogP contribution in [0.1, 0.15) is 56.0 Å². The quantitative estimate of drug-likeness (QED) is 0.0370. The molecule has 0 aromatic heterocycles. The number of carbonyl (C=O) groups is 2.